The lowest BCUT2D eigenvalue weighted by molar-refractivity contribution is 0.262. The quantitative estimate of drug-likeness (QED) is 0.462. The van der Waals surface area contributed by atoms with Crippen molar-refractivity contribution in [2.24, 2.45) is 0 Å². The number of anilines is 2. The van der Waals surface area contributed by atoms with Crippen LogP contribution in [0, 0.1) is 0 Å². The van der Waals surface area contributed by atoms with Crippen LogP contribution in [-0.2, 0) is 0 Å². The summed E-state index contributed by atoms with van der Waals surface area (Å²) < 4.78 is 0. The van der Waals surface area contributed by atoms with Gasteiger partial charge in [-0.3, -0.25) is 0 Å². The fourth-order valence-corrected chi connectivity index (χ4v) is 3.00. The van der Waals surface area contributed by atoms with Crippen LogP contribution in [0.5, 0.6) is 0 Å². The van der Waals surface area contributed by atoms with Crippen molar-refractivity contribution in [3.8, 4) is 11.1 Å². The zero-order valence-electron chi connectivity index (χ0n) is 14.1. The van der Waals surface area contributed by atoms with Crippen molar-refractivity contribution in [3.63, 3.8) is 0 Å². The number of carbonyl (C=O) groups excluding carboxylic acids is 1. The Bertz CT molecular complexity index is 1040. The molecule has 0 unspecified atom stereocenters. The topological polar surface area (TPSA) is 41.1 Å². The summed E-state index contributed by atoms with van der Waals surface area (Å²) in [6.45, 7) is 0. The van der Waals surface area contributed by atoms with E-state index in [1.807, 2.05) is 84.9 Å². The molecular weight excluding hydrogens is 320 g/mol. The highest BCUT2D eigenvalue weighted by Gasteiger charge is 2.06. The average molecular weight is 338 g/mol. The van der Waals surface area contributed by atoms with Crippen LogP contribution in [0.25, 0.3) is 21.9 Å². The van der Waals surface area contributed by atoms with Crippen LogP contribution in [0.2, 0.25) is 0 Å². The molecule has 0 radical (unpaired) electrons. The second-order valence-electron chi connectivity index (χ2n) is 6.05. The summed E-state index contributed by atoms with van der Waals surface area (Å²) in [6.07, 6.45) is 0. The van der Waals surface area contributed by atoms with E-state index in [0.717, 1.165) is 33.3 Å². The Morgan fingerprint density at radius 3 is 2.04 bits per heavy atom. The van der Waals surface area contributed by atoms with Crippen LogP contribution >= 0.6 is 0 Å². The molecule has 0 aliphatic rings. The summed E-state index contributed by atoms with van der Waals surface area (Å²) in [5.41, 5.74) is 3.81. The first-order valence-corrected chi connectivity index (χ1v) is 8.51. The fourth-order valence-electron chi connectivity index (χ4n) is 3.00. The van der Waals surface area contributed by atoms with E-state index in [4.69, 9.17) is 0 Å². The van der Waals surface area contributed by atoms with Crippen LogP contribution in [0.4, 0.5) is 16.2 Å². The molecule has 126 valence electrons. The van der Waals surface area contributed by atoms with Gasteiger partial charge in [-0.1, -0.05) is 78.9 Å². The molecule has 2 amide bonds. The summed E-state index contributed by atoms with van der Waals surface area (Å²) in [5, 5.41) is 7.93. The average Bonchev–Trinajstić information content (AvgIpc) is 2.69. The highest BCUT2D eigenvalue weighted by Crippen LogP contribution is 2.24. The van der Waals surface area contributed by atoms with Crippen molar-refractivity contribution in [1.82, 2.24) is 0 Å². The van der Waals surface area contributed by atoms with Gasteiger partial charge in [0.25, 0.3) is 0 Å². The van der Waals surface area contributed by atoms with Crippen molar-refractivity contribution < 1.29 is 4.79 Å². The molecule has 4 aromatic rings. The van der Waals surface area contributed by atoms with Gasteiger partial charge in [-0.25, -0.2) is 4.79 Å². The molecule has 0 saturated heterocycles. The van der Waals surface area contributed by atoms with E-state index in [0.29, 0.717) is 0 Å². The first-order chi connectivity index (χ1) is 12.8. The Labute approximate surface area is 152 Å². The van der Waals surface area contributed by atoms with E-state index in [1.54, 1.807) is 0 Å². The van der Waals surface area contributed by atoms with E-state index in [9.17, 15) is 4.79 Å². The van der Waals surface area contributed by atoms with Gasteiger partial charge < -0.3 is 10.6 Å². The molecule has 0 saturated carbocycles. The first kappa shape index (κ1) is 15.9. The Balaban J connectivity index is 1.48. The normalized spacial score (nSPS) is 10.5. The lowest BCUT2D eigenvalue weighted by Gasteiger charge is -2.10. The Hall–Kier alpha value is -3.59. The molecule has 0 aromatic heterocycles. The number of carbonyl (C=O) groups is 1. The molecule has 0 aliphatic carbocycles. The van der Waals surface area contributed by atoms with E-state index in [-0.39, 0.29) is 6.03 Å². The van der Waals surface area contributed by atoms with Crippen LogP contribution in [0.15, 0.2) is 97.1 Å². The maximum absolute atomic E-state index is 12.4. The summed E-state index contributed by atoms with van der Waals surface area (Å²) in [5.74, 6) is 0. The molecule has 3 nitrogen and oxygen atoms in total. The van der Waals surface area contributed by atoms with Gasteiger partial charge in [-0.2, -0.15) is 0 Å². The number of fused-ring (bicyclic) bond motifs is 1. The van der Waals surface area contributed by atoms with Gasteiger partial charge in [0.15, 0.2) is 0 Å². The van der Waals surface area contributed by atoms with Crippen LogP contribution in [0.1, 0.15) is 0 Å². The molecule has 0 heterocycles. The molecular formula is C23H18N2O. The molecule has 4 aromatic carbocycles. The second kappa shape index (κ2) is 7.11. The van der Waals surface area contributed by atoms with E-state index < -0.39 is 0 Å². The summed E-state index contributed by atoms with van der Waals surface area (Å²) in [7, 11) is 0. The van der Waals surface area contributed by atoms with Crippen molar-refractivity contribution >= 4 is 28.2 Å². The third kappa shape index (κ3) is 3.42. The Kier molecular flexibility index (Phi) is 4.35. The van der Waals surface area contributed by atoms with Gasteiger partial charge in [-0.15, -0.1) is 0 Å². The molecule has 0 fully saturated rings. The highest BCUT2D eigenvalue weighted by molar-refractivity contribution is 6.06. The minimum Gasteiger partial charge on any atom is -0.308 e. The number of rotatable bonds is 3. The number of urea groups is 1. The lowest BCUT2D eigenvalue weighted by atomic mass is 10.1. The number of hydrogen-bond donors (Lipinski definition) is 2. The van der Waals surface area contributed by atoms with Gasteiger partial charge in [0.05, 0.1) is 5.69 Å². The molecule has 26 heavy (non-hydrogen) atoms. The maximum Gasteiger partial charge on any atom is 0.323 e. The standard InChI is InChI=1S/C23H18N2O/c26-23(25-22-12-6-10-19-9-4-5-11-21(19)22)24-20-15-13-18(14-16-20)17-7-2-1-3-8-17/h1-16H,(H2,24,25,26). The van der Waals surface area contributed by atoms with Crippen molar-refractivity contribution in [3.05, 3.63) is 97.1 Å². The van der Waals surface area contributed by atoms with Crippen molar-refractivity contribution in [2.75, 3.05) is 10.6 Å². The fraction of sp³-hybridized carbons (Fsp3) is 0. The zero-order chi connectivity index (χ0) is 17.8. The van der Waals surface area contributed by atoms with Gasteiger partial charge >= 0.3 is 6.03 Å². The number of benzene rings is 4. The first-order valence-electron chi connectivity index (χ1n) is 8.51. The Morgan fingerprint density at radius 2 is 1.23 bits per heavy atom. The summed E-state index contributed by atoms with van der Waals surface area (Å²) >= 11 is 0. The number of hydrogen-bond acceptors (Lipinski definition) is 1. The molecule has 0 bridgehead atoms. The summed E-state index contributed by atoms with van der Waals surface area (Å²) in [4.78, 5) is 12.4. The van der Waals surface area contributed by atoms with Crippen molar-refractivity contribution in [2.45, 2.75) is 0 Å². The lowest BCUT2D eigenvalue weighted by Crippen LogP contribution is -2.19. The van der Waals surface area contributed by atoms with E-state index >= 15 is 0 Å². The van der Waals surface area contributed by atoms with E-state index in [1.165, 1.54) is 0 Å². The third-order valence-corrected chi connectivity index (χ3v) is 4.29. The molecule has 3 heteroatoms. The van der Waals surface area contributed by atoms with Gasteiger partial charge in [0, 0.05) is 11.1 Å². The highest BCUT2D eigenvalue weighted by atomic mass is 16.2. The zero-order valence-corrected chi connectivity index (χ0v) is 14.1. The smallest absolute Gasteiger partial charge is 0.308 e. The molecule has 2 N–H and O–H groups in total. The monoisotopic (exact) mass is 338 g/mol. The predicted octanol–water partition coefficient (Wildman–Crippen LogP) is 6.15. The molecule has 0 aliphatic heterocycles. The SMILES string of the molecule is O=C(Nc1ccc(-c2ccccc2)cc1)Nc1cccc2ccccc12. The van der Waals surface area contributed by atoms with Gasteiger partial charge in [-0.05, 0) is 34.7 Å². The number of nitrogens with one attached hydrogen (secondary N) is 2. The molecule has 4 rings (SSSR count). The predicted molar refractivity (Wildman–Crippen MR) is 108 cm³/mol. The second-order valence-corrected chi connectivity index (χ2v) is 6.05. The molecule has 0 spiro atoms. The minimum absolute atomic E-state index is 0.256. The Morgan fingerprint density at radius 1 is 0.577 bits per heavy atom. The van der Waals surface area contributed by atoms with Crippen molar-refractivity contribution in [1.29, 1.82) is 0 Å². The largest absolute Gasteiger partial charge is 0.323 e. The van der Waals surface area contributed by atoms with Crippen LogP contribution in [0.3, 0.4) is 0 Å². The third-order valence-electron chi connectivity index (χ3n) is 4.29. The van der Waals surface area contributed by atoms with Gasteiger partial charge in [0.2, 0.25) is 0 Å². The minimum atomic E-state index is -0.256. The van der Waals surface area contributed by atoms with E-state index in [2.05, 4.69) is 22.8 Å². The number of amides is 2. The summed E-state index contributed by atoms with van der Waals surface area (Å²) in [6, 6.07) is 31.6. The molecule has 0 atom stereocenters. The van der Waals surface area contributed by atoms with Crippen LogP contribution in [-0.4, -0.2) is 6.03 Å². The maximum atomic E-state index is 12.4. The van der Waals surface area contributed by atoms with Crippen LogP contribution < -0.4 is 10.6 Å². The van der Waals surface area contributed by atoms with Gasteiger partial charge in [0.1, 0.15) is 0 Å².